The Labute approximate surface area is 117 Å². The predicted molar refractivity (Wildman–Crippen MR) is 74.6 cm³/mol. The van der Waals surface area contributed by atoms with E-state index in [1.807, 2.05) is 6.92 Å². The minimum absolute atomic E-state index is 0.0143. The number of aromatic amines is 1. The molecule has 7 heteroatoms. The Morgan fingerprint density at radius 3 is 2.65 bits per heavy atom. The van der Waals surface area contributed by atoms with Gasteiger partial charge in [-0.25, -0.2) is 9.37 Å². The lowest BCUT2D eigenvalue weighted by Gasteiger charge is -2.21. The molecule has 0 bridgehead atoms. The number of aromatic nitrogens is 2. The zero-order valence-electron chi connectivity index (χ0n) is 11.3. The number of rotatable bonds is 5. The summed E-state index contributed by atoms with van der Waals surface area (Å²) in [5.41, 5.74) is 0.292. The van der Waals surface area contributed by atoms with Crippen LogP contribution in [0.25, 0.3) is 0 Å². The summed E-state index contributed by atoms with van der Waals surface area (Å²) in [6.45, 7) is 3.77. The van der Waals surface area contributed by atoms with Crippen molar-refractivity contribution in [3.8, 4) is 0 Å². The summed E-state index contributed by atoms with van der Waals surface area (Å²) in [5.74, 6) is 0.119. The second-order valence-corrected chi connectivity index (χ2v) is 6.03. The normalized spacial score (nSPS) is 11.6. The first-order chi connectivity index (χ1) is 9.48. The van der Waals surface area contributed by atoms with Crippen LogP contribution in [0.1, 0.15) is 19.7 Å². The van der Waals surface area contributed by atoms with Gasteiger partial charge in [-0.1, -0.05) is 13.0 Å². The Morgan fingerprint density at radius 1 is 1.35 bits per heavy atom. The van der Waals surface area contributed by atoms with E-state index < -0.39 is 15.8 Å². The van der Waals surface area contributed by atoms with Gasteiger partial charge in [0.15, 0.2) is 5.03 Å². The largest absolute Gasteiger partial charge is 0.332 e. The van der Waals surface area contributed by atoms with Gasteiger partial charge in [-0.15, -0.1) is 0 Å². The molecular formula is C13H16FN3O2S. The summed E-state index contributed by atoms with van der Waals surface area (Å²) in [6, 6.07) is 5.50. The quantitative estimate of drug-likeness (QED) is 0.921. The van der Waals surface area contributed by atoms with Gasteiger partial charge >= 0.3 is 0 Å². The van der Waals surface area contributed by atoms with E-state index in [1.54, 1.807) is 13.0 Å². The highest BCUT2D eigenvalue weighted by atomic mass is 32.2. The molecule has 1 heterocycles. The lowest BCUT2D eigenvalue weighted by Crippen LogP contribution is -2.31. The van der Waals surface area contributed by atoms with Crippen LogP contribution in [0, 0.1) is 5.82 Å². The number of hydrogen-bond acceptors (Lipinski definition) is 3. The number of imidazole rings is 1. The molecule has 20 heavy (non-hydrogen) atoms. The van der Waals surface area contributed by atoms with Crippen molar-refractivity contribution in [1.29, 1.82) is 0 Å². The molecule has 2 aromatic rings. The molecule has 0 aliphatic carbocycles. The fraction of sp³-hybridized carbons (Fsp3) is 0.308. The van der Waals surface area contributed by atoms with E-state index in [9.17, 15) is 12.8 Å². The van der Waals surface area contributed by atoms with E-state index in [0.29, 0.717) is 17.9 Å². The monoisotopic (exact) mass is 297 g/mol. The van der Waals surface area contributed by atoms with Crippen molar-refractivity contribution in [2.24, 2.45) is 0 Å². The number of anilines is 1. The minimum Gasteiger partial charge on any atom is -0.332 e. The Morgan fingerprint density at radius 2 is 2.10 bits per heavy atom. The predicted octanol–water partition coefficient (Wildman–Crippen LogP) is 2.33. The van der Waals surface area contributed by atoms with Crippen molar-refractivity contribution in [2.45, 2.75) is 25.3 Å². The molecule has 1 N–H and O–H groups in total. The van der Waals surface area contributed by atoms with Gasteiger partial charge in [0.2, 0.25) is 0 Å². The fourth-order valence-electron chi connectivity index (χ4n) is 1.90. The van der Waals surface area contributed by atoms with E-state index in [0.717, 1.165) is 4.31 Å². The summed E-state index contributed by atoms with van der Waals surface area (Å²) in [5, 5.41) is 0.0143. The number of nitrogens with one attached hydrogen (secondary N) is 1. The molecule has 0 aliphatic rings. The lowest BCUT2D eigenvalue weighted by atomic mass is 10.3. The van der Waals surface area contributed by atoms with Crippen LogP contribution in [0.15, 0.2) is 35.5 Å². The van der Waals surface area contributed by atoms with Crippen LogP contribution in [-0.4, -0.2) is 24.9 Å². The van der Waals surface area contributed by atoms with Crippen molar-refractivity contribution < 1.29 is 12.8 Å². The summed E-state index contributed by atoms with van der Waals surface area (Å²) in [7, 11) is -3.76. The van der Waals surface area contributed by atoms with Gasteiger partial charge in [0.05, 0.1) is 11.9 Å². The van der Waals surface area contributed by atoms with Crippen molar-refractivity contribution in [1.82, 2.24) is 9.97 Å². The van der Waals surface area contributed by atoms with Gasteiger partial charge in [-0.2, -0.15) is 8.42 Å². The van der Waals surface area contributed by atoms with Crippen molar-refractivity contribution in [3.63, 3.8) is 0 Å². The van der Waals surface area contributed by atoms with Crippen LogP contribution in [0.4, 0.5) is 10.1 Å². The van der Waals surface area contributed by atoms with Gasteiger partial charge in [0.25, 0.3) is 10.0 Å². The van der Waals surface area contributed by atoms with Crippen LogP contribution >= 0.6 is 0 Å². The van der Waals surface area contributed by atoms with Crippen molar-refractivity contribution in [2.75, 3.05) is 10.8 Å². The number of nitrogens with zero attached hydrogens (tertiary/aromatic N) is 2. The fourth-order valence-corrected chi connectivity index (χ4v) is 3.30. The molecule has 108 valence electrons. The van der Waals surface area contributed by atoms with Crippen LogP contribution in [0.2, 0.25) is 0 Å². The average Bonchev–Trinajstić information content (AvgIpc) is 2.89. The highest BCUT2D eigenvalue weighted by Gasteiger charge is 2.25. The molecule has 0 atom stereocenters. The Bertz CT molecular complexity index is 697. The highest BCUT2D eigenvalue weighted by Crippen LogP contribution is 2.23. The van der Waals surface area contributed by atoms with Gasteiger partial charge in [0, 0.05) is 13.0 Å². The Balaban J connectivity index is 2.44. The molecule has 1 aromatic heterocycles. The third-order valence-corrected chi connectivity index (χ3v) is 4.70. The molecule has 0 fully saturated rings. The van der Waals surface area contributed by atoms with E-state index in [-0.39, 0.29) is 11.6 Å². The smallest absolute Gasteiger partial charge is 0.281 e. The Hall–Kier alpha value is -1.89. The number of sulfonamides is 1. The third kappa shape index (κ3) is 2.67. The average molecular weight is 297 g/mol. The van der Waals surface area contributed by atoms with Gasteiger partial charge < -0.3 is 4.98 Å². The summed E-state index contributed by atoms with van der Waals surface area (Å²) < 4.78 is 39.5. The molecule has 2 rings (SSSR count). The maximum atomic E-state index is 13.3. The molecule has 0 amide bonds. The third-order valence-electron chi connectivity index (χ3n) is 2.89. The van der Waals surface area contributed by atoms with Gasteiger partial charge in [-0.3, -0.25) is 4.31 Å². The molecule has 0 spiro atoms. The Kier molecular flexibility index (Phi) is 4.08. The highest BCUT2D eigenvalue weighted by molar-refractivity contribution is 7.92. The van der Waals surface area contributed by atoms with Crippen LogP contribution in [0.5, 0.6) is 0 Å². The lowest BCUT2D eigenvalue weighted by molar-refractivity contribution is 0.588. The molecule has 0 aliphatic heterocycles. The molecule has 0 radical (unpaired) electrons. The molecule has 5 nitrogen and oxygen atoms in total. The molecule has 0 saturated heterocycles. The van der Waals surface area contributed by atoms with E-state index in [1.165, 1.54) is 24.4 Å². The standard InChI is InChI=1S/C13H16FN3O2S/c1-3-12-15-9-13(16-12)20(18,19)17(4-2)11-7-5-6-10(14)8-11/h5-9H,3-4H2,1-2H3,(H,15,16). The number of hydrogen-bond donors (Lipinski definition) is 1. The maximum absolute atomic E-state index is 13.3. The van der Waals surface area contributed by atoms with Gasteiger partial charge in [-0.05, 0) is 25.1 Å². The number of H-pyrrole nitrogens is 1. The minimum atomic E-state index is -3.76. The topological polar surface area (TPSA) is 66.1 Å². The summed E-state index contributed by atoms with van der Waals surface area (Å²) >= 11 is 0. The SMILES string of the molecule is CCc1ncc(S(=O)(=O)N(CC)c2cccc(F)c2)[nH]1. The van der Waals surface area contributed by atoms with E-state index in [4.69, 9.17) is 0 Å². The first-order valence-corrected chi connectivity index (χ1v) is 7.75. The molecule has 0 unspecified atom stereocenters. The number of halogens is 1. The zero-order valence-corrected chi connectivity index (χ0v) is 12.1. The second kappa shape index (κ2) is 5.62. The summed E-state index contributed by atoms with van der Waals surface area (Å²) in [6.07, 6.45) is 1.90. The van der Waals surface area contributed by atoms with E-state index >= 15 is 0 Å². The first-order valence-electron chi connectivity index (χ1n) is 6.31. The maximum Gasteiger partial charge on any atom is 0.281 e. The first kappa shape index (κ1) is 14.5. The summed E-state index contributed by atoms with van der Waals surface area (Å²) in [4.78, 5) is 6.76. The van der Waals surface area contributed by atoms with Crippen LogP contribution < -0.4 is 4.31 Å². The van der Waals surface area contributed by atoms with Crippen LogP contribution in [-0.2, 0) is 16.4 Å². The molecule has 1 aromatic carbocycles. The van der Waals surface area contributed by atoms with Crippen LogP contribution in [0.3, 0.4) is 0 Å². The van der Waals surface area contributed by atoms with Gasteiger partial charge in [0.1, 0.15) is 11.6 Å². The van der Waals surface area contributed by atoms with Crippen molar-refractivity contribution >= 4 is 15.7 Å². The number of benzene rings is 1. The second-order valence-electron chi connectivity index (χ2n) is 4.20. The molecule has 0 saturated carbocycles. The van der Waals surface area contributed by atoms with Crippen molar-refractivity contribution in [3.05, 3.63) is 42.1 Å². The number of aryl methyl sites for hydroxylation is 1. The van der Waals surface area contributed by atoms with E-state index in [2.05, 4.69) is 9.97 Å². The zero-order chi connectivity index (χ0) is 14.8. The molecular weight excluding hydrogens is 281 g/mol.